The molecule has 0 aliphatic rings. The lowest BCUT2D eigenvalue weighted by molar-refractivity contribution is 0.702. The molecule has 0 rings (SSSR count). The average molecular weight is 342 g/mol. The summed E-state index contributed by atoms with van der Waals surface area (Å²) in [7, 11) is 0. The van der Waals surface area contributed by atoms with Crippen molar-refractivity contribution in [3.05, 3.63) is 0 Å². The van der Waals surface area contributed by atoms with Gasteiger partial charge >= 0.3 is 0 Å². The zero-order valence-electron chi connectivity index (χ0n) is 5.64. The van der Waals surface area contributed by atoms with Gasteiger partial charge < -0.3 is 0 Å². The summed E-state index contributed by atoms with van der Waals surface area (Å²) in [5, 5.41) is 0. The van der Waals surface area contributed by atoms with E-state index in [1.165, 1.54) is 25.7 Å². The van der Waals surface area contributed by atoms with E-state index in [9.17, 15) is 0 Å². The second-order valence-corrected chi connectivity index (χ2v) is 1.71. The highest BCUT2D eigenvalue weighted by Gasteiger charge is 1.75. The maximum absolute atomic E-state index is 2.23. The van der Waals surface area contributed by atoms with Crippen LogP contribution in [0.3, 0.4) is 0 Å². The van der Waals surface area contributed by atoms with Crippen molar-refractivity contribution in [3.8, 4) is 0 Å². The molecule has 0 radical (unpaired) electrons. The Bertz CT molecular complexity index is 18.5. The Balaban J connectivity index is -0.000000125. The van der Waals surface area contributed by atoms with Crippen molar-refractivity contribution in [2.45, 2.75) is 39.5 Å². The zero-order chi connectivity index (χ0) is 4.83. The third kappa shape index (κ3) is 15.7. The normalized spacial score (nSPS) is 6.75. The molecule has 54 valence electrons. The Kier molecular flexibility index (Phi) is 32.0. The minimum atomic E-state index is 0. The van der Waals surface area contributed by atoms with Crippen LogP contribution in [0.2, 0.25) is 0 Å². The first-order chi connectivity index (χ1) is 2.91. The molecule has 0 aromatic carbocycles. The summed E-state index contributed by atoms with van der Waals surface area (Å²) >= 11 is 0. The van der Waals surface area contributed by atoms with E-state index in [1.807, 2.05) is 0 Å². The van der Waals surface area contributed by atoms with Crippen LogP contribution in [0.15, 0.2) is 0 Å². The van der Waals surface area contributed by atoms with Crippen molar-refractivity contribution in [2.75, 3.05) is 0 Å². The fourth-order valence-electron chi connectivity index (χ4n) is 0.500. The molecule has 2 heteroatoms. The lowest BCUT2D eigenvalue weighted by Gasteiger charge is -1.86. The molecule has 8 heavy (non-hydrogen) atoms. The average Bonchev–Trinajstić information content (AvgIpc) is 1.61. The zero-order valence-corrected chi connectivity index (χ0v) is 10.3. The molecule has 0 saturated carbocycles. The largest absolute Gasteiger partial charge is 0.107 e. The minimum Gasteiger partial charge on any atom is -0.107 e. The van der Waals surface area contributed by atoms with Crippen molar-refractivity contribution >= 4 is 48.0 Å². The molecule has 0 unspecified atom stereocenters. The quantitative estimate of drug-likeness (QED) is 0.540. The van der Waals surface area contributed by atoms with E-state index >= 15 is 0 Å². The molecular formula is C6H16I2. The first-order valence-corrected chi connectivity index (χ1v) is 2.91. The highest BCUT2D eigenvalue weighted by atomic mass is 127. The summed E-state index contributed by atoms with van der Waals surface area (Å²) in [5.74, 6) is 0. The van der Waals surface area contributed by atoms with Crippen LogP contribution in [0.1, 0.15) is 39.5 Å². The minimum absolute atomic E-state index is 0. The van der Waals surface area contributed by atoms with Crippen molar-refractivity contribution in [1.82, 2.24) is 0 Å². The molecule has 0 atom stereocenters. The maximum atomic E-state index is 2.23. The molecule has 0 spiro atoms. The van der Waals surface area contributed by atoms with E-state index < -0.39 is 0 Å². The van der Waals surface area contributed by atoms with Crippen LogP contribution < -0.4 is 0 Å². The maximum Gasteiger partial charge on any atom is -0.0536 e. The number of halogens is 2. The molecule has 0 aromatic heterocycles. The van der Waals surface area contributed by atoms with Gasteiger partial charge in [0.25, 0.3) is 0 Å². The topological polar surface area (TPSA) is 0 Å². The molecule has 0 bridgehead atoms. The van der Waals surface area contributed by atoms with Gasteiger partial charge in [0.15, 0.2) is 0 Å². The van der Waals surface area contributed by atoms with E-state index in [0.29, 0.717) is 0 Å². The van der Waals surface area contributed by atoms with Crippen molar-refractivity contribution in [3.63, 3.8) is 0 Å². The van der Waals surface area contributed by atoms with Gasteiger partial charge in [0.2, 0.25) is 0 Å². The first kappa shape index (κ1) is 16.2. The molecule has 0 saturated heterocycles. The van der Waals surface area contributed by atoms with Gasteiger partial charge in [-0.05, 0) is 0 Å². The standard InChI is InChI=1S/C6H14.2HI/c1-3-5-6-4-2;;/h3-6H2,1-2H3;2*1H. The highest BCUT2D eigenvalue weighted by molar-refractivity contribution is 14.0. The third-order valence-corrected chi connectivity index (χ3v) is 0.957. The van der Waals surface area contributed by atoms with Gasteiger partial charge in [-0.15, -0.1) is 48.0 Å². The Morgan fingerprint density at radius 1 is 0.750 bits per heavy atom. The monoisotopic (exact) mass is 342 g/mol. The van der Waals surface area contributed by atoms with E-state index in [1.54, 1.807) is 0 Å². The molecule has 0 fully saturated rings. The molecule has 0 heterocycles. The van der Waals surface area contributed by atoms with Crippen LogP contribution in [-0.2, 0) is 0 Å². The molecule has 0 aliphatic heterocycles. The van der Waals surface area contributed by atoms with E-state index in [-0.39, 0.29) is 48.0 Å². The lowest BCUT2D eigenvalue weighted by atomic mass is 10.2. The highest BCUT2D eigenvalue weighted by Crippen LogP contribution is 1.95. The molecule has 0 N–H and O–H groups in total. The fraction of sp³-hybridized carbons (Fsp3) is 1.00. The molecule has 0 nitrogen and oxygen atoms in total. The summed E-state index contributed by atoms with van der Waals surface area (Å²) in [5.41, 5.74) is 0. The number of unbranched alkanes of at least 4 members (excludes halogenated alkanes) is 3. The molecule has 0 aliphatic carbocycles. The van der Waals surface area contributed by atoms with Gasteiger partial charge in [0, 0.05) is 0 Å². The third-order valence-electron chi connectivity index (χ3n) is 0.957. The van der Waals surface area contributed by atoms with Crippen LogP contribution in [-0.4, -0.2) is 0 Å². The van der Waals surface area contributed by atoms with Gasteiger partial charge in [-0.1, -0.05) is 39.5 Å². The second kappa shape index (κ2) is 15.8. The van der Waals surface area contributed by atoms with Crippen LogP contribution in [0, 0.1) is 0 Å². The van der Waals surface area contributed by atoms with Crippen molar-refractivity contribution in [2.24, 2.45) is 0 Å². The first-order valence-electron chi connectivity index (χ1n) is 2.91. The molecule has 0 amide bonds. The summed E-state index contributed by atoms with van der Waals surface area (Å²) in [6.07, 6.45) is 5.54. The number of hydrogen-bond acceptors (Lipinski definition) is 0. The van der Waals surface area contributed by atoms with Crippen molar-refractivity contribution in [1.29, 1.82) is 0 Å². The van der Waals surface area contributed by atoms with E-state index in [2.05, 4.69) is 13.8 Å². The van der Waals surface area contributed by atoms with Crippen LogP contribution >= 0.6 is 48.0 Å². The number of rotatable bonds is 3. The predicted octanol–water partition coefficient (Wildman–Crippen LogP) is 3.82. The van der Waals surface area contributed by atoms with Gasteiger partial charge in [0.05, 0.1) is 0 Å². The SMILES string of the molecule is CCCCCC.I.I. The molecular weight excluding hydrogens is 326 g/mol. The Morgan fingerprint density at radius 2 is 1.00 bits per heavy atom. The van der Waals surface area contributed by atoms with Gasteiger partial charge in [-0.25, -0.2) is 0 Å². The van der Waals surface area contributed by atoms with Crippen LogP contribution in [0.4, 0.5) is 0 Å². The van der Waals surface area contributed by atoms with Gasteiger partial charge in [-0.2, -0.15) is 0 Å². The van der Waals surface area contributed by atoms with Crippen LogP contribution in [0.5, 0.6) is 0 Å². The van der Waals surface area contributed by atoms with E-state index in [4.69, 9.17) is 0 Å². The summed E-state index contributed by atoms with van der Waals surface area (Å²) < 4.78 is 0. The Labute approximate surface area is 86.9 Å². The molecule has 0 aromatic rings. The second-order valence-electron chi connectivity index (χ2n) is 1.71. The Hall–Kier alpha value is 1.46. The number of hydrogen-bond donors (Lipinski definition) is 0. The van der Waals surface area contributed by atoms with Gasteiger partial charge in [0.1, 0.15) is 0 Å². The fourth-order valence-corrected chi connectivity index (χ4v) is 0.500. The van der Waals surface area contributed by atoms with Crippen molar-refractivity contribution < 1.29 is 0 Å². The summed E-state index contributed by atoms with van der Waals surface area (Å²) in [4.78, 5) is 0. The van der Waals surface area contributed by atoms with Gasteiger partial charge in [-0.3, -0.25) is 0 Å². The summed E-state index contributed by atoms with van der Waals surface area (Å²) in [6.45, 7) is 4.46. The van der Waals surface area contributed by atoms with Crippen LogP contribution in [0.25, 0.3) is 0 Å². The lowest BCUT2D eigenvalue weighted by Crippen LogP contribution is -1.66. The predicted molar refractivity (Wildman–Crippen MR) is 60.6 cm³/mol. The summed E-state index contributed by atoms with van der Waals surface area (Å²) in [6, 6.07) is 0. The smallest absolute Gasteiger partial charge is 0.0536 e. The van der Waals surface area contributed by atoms with E-state index in [0.717, 1.165) is 0 Å². The Morgan fingerprint density at radius 3 is 1.12 bits per heavy atom.